The van der Waals surface area contributed by atoms with Crippen LogP contribution in [0.2, 0.25) is 0 Å². The van der Waals surface area contributed by atoms with Crippen LogP contribution >= 0.6 is 0 Å². The summed E-state index contributed by atoms with van der Waals surface area (Å²) in [5.74, 6) is 0.633. The second-order valence-corrected chi connectivity index (χ2v) is 9.13. The van der Waals surface area contributed by atoms with Crippen LogP contribution in [0.5, 0.6) is 5.75 Å². The zero-order valence-electron chi connectivity index (χ0n) is 17.2. The Kier molecular flexibility index (Phi) is 7.84. The van der Waals surface area contributed by atoms with E-state index in [1.165, 1.54) is 4.31 Å². The molecule has 1 aliphatic heterocycles. The Bertz CT molecular complexity index is 938. The monoisotopic (exact) mass is 432 g/mol. The van der Waals surface area contributed by atoms with Gasteiger partial charge in [-0.2, -0.15) is 4.31 Å². The first-order valence-electron chi connectivity index (χ1n) is 10.00. The summed E-state index contributed by atoms with van der Waals surface area (Å²) in [6.45, 7) is 1.91. The highest BCUT2D eigenvalue weighted by Crippen LogP contribution is 2.17. The van der Waals surface area contributed by atoms with Crippen molar-refractivity contribution in [1.82, 2.24) is 9.62 Å². The van der Waals surface area contributed by atoms with E-state index >= 15 is 0 Å². The van der Waals surface area contributed by atoms with E-state index in [2.05, 4.69) is 5.32 Å². The minimum atomic E-state index is -3.42. The highest BCUT2D eigenvalue weighted by atomic mass is 32.2. The molecule has 30 heavy (non-hydrogen) atoms. The fourth-order valence-electron chi connectivity index (χ4n) is 3.32. The maximum Gasteiger partial charge on any atom is 0.220 e. The van der Waals surface area contributed by atoms with Gasteiger partial charge in [-0.15, -0.1) is 0 Å². The average Bonchev–Trinajstić information content (AvgIpc) is 2.78. The number of ether oxygens (including phenoxy) is 2. The number of hydrogen-bond donors (Lipinski definition) is 1. The number of benzene rings is 2. The van der Waals surface area contributed by atoms with Crippen molar-refractivity contribution in [3.63, 3.8) is 0 Å². The molecule has 7 nitrogen and oxygen atoms in total. The third-order valence-electron chi connectivity index (χ3n) is 5.10. The molecule has 1 aliphatic rings. The summed E-state index contributed by atoms with van der Waals surface area (Å²) < 4.78 is 37.3. The van der Waals surface area contributed by atoms with Crippen LogP contribution in [0.4, 0.5) is 0 Å². The molecule has 1 amide bonds. The van der Waals surface area contributed by atoms with E-state index in [1.807, 2.05) is 42.5 Å². The van der Waals surface area contributed by atoms with Crippen molar-refractivity contribution in [3.8, 4) is 5.75 Å². The molecule has 162 valence electrons. The molecule has 0 aliphatic carbocycles. The average molecular weight is 433 g/mol. The maximum absolute atomic E-state index is 12.7. The first-order valence-corrected chi connectivity index (χ1v) is 11.6. The summed E-state index contributed by atoms with van der Waals surface area (Å²) in [7, 11) is -1.80. The van der Waals surface area contributed by atoms with Crippen molar-refractivity contribution in [2.75, 3.05) is 33.4 Å². The Balaban J connectivity index is 1.54. The quantitative estimate of drug-likeness (QED) is 0.656. The van der Waals surface area contributed by atoms with E-state index in [4.69, 9.17) is 9.47 Å². The van der Waals surface area contributed by atoms with Crippen LogP contribution in [-0.2, 0) is 38.3 Å². The number of carbonyl (C=O) groups is 1. The lowest BCUT2D eigenvalue weighted by molar-refractivity contribution is -0.121. The third kappa shape index (κ3) is 6.29. The van der Waals surface area contributed by atoms with E-state index in [1.54, 1.807) is 13.2 Å². The van der Waals surface area contributed by atoms with Gasteiger partial charge in [0, 0.05) is 26.1 Å². The molecular weight excluding hydrogens is 404 g/mol. The van der Waals surface area contributed by atoms with E-state index in [0.717, 1.165) is 16.9 Å². The standard InChI is InChI=1S/C22H28N2O5S/c1-28-21-9-6-18(7-10-21)8-11-22(25)23-16-19-4-2-3-5-20(19)17-30(26,27)24-12-14-29-15-13-24/h2-7,9-10H,8,11-17H2,1H3,(H,23,25). The van der Waals surface area contributed by atoms with Gasteiger partial charge in [-0.25, -0.2) is 8.42 Å². The molecule has 2 aromatic carbocycles. The van der Waals surface area contributed by atoms with Crippen LogP contribution in [0.25, 0.3) is 0 Å². The maximum atomic E-state index is 12.7. The van der Waals surface area contributed by atoms with Gasteiger partial charge < -0.3 is 14.8 Å². The molecule has 8 heteroatoms. The Hall–Kier alpha value is -2.42. The highest BCUT2D eigenvalue weighted by molar-refractivity contribution is 7.88. The van der Waals surface area contributed by atoms with Gasteiger partial charge in [0.05, 0.1) is 26.1 Å². The van der Waals surface area contributed by atoms with Gasteiger partial charge in [-0.1, -0.05) is 36.4 Å². The van der Waals surface area contributed by atoms with Crippen molar-refractivity contribution >= 4 is 15.9 Å². The van der Waals surface area contributed by atoms with Crippen LogP contribution in [-0.4, -0.2) is 52.0 Å². The molecule has 0 aromatic heterocycles. The van der Waals surface area contributed by atoms with Gasteiger partial charge >= 0.3 is 0 Å². The molecule has 0 unspecified atom stereocenters. The lowest BCUT2D eigenvalue weighted by Crippen LogP contribution is -2.41. The van der Waals surface area contributed by atoms with Crippen LogP contribution in [0.3, 0.4) is 0 Å². The smallest absolute Gasteiger partial charge is 0.220 e. The molecule has 0 radical (unpaired) electrons. The molecule has 3 rings (SSSR count). The largest absolute Gasteiger partial charge is 0.497 e. The number of hydrogen-bond acceptors (Lipinski definition) is 5. The summed E-state index contributed by atoms with van der Waals surface area (Å²) >= 11 is 0. The number of sulfonamides is 1. The first-order chi connectivity index (χ1) is 14.5. The Morgan fingerprint density at radius 3 is 2.40 bits per heavy atom. The fourth-order valence-corrected chi connectivity index (χ4v) is 4.88. The first kappa shape index (κ1) is 22.3. The van der Waals surface area contributed by atoms with Gasteiger partial charge in [0.25, 0.3) is 0 Å². The summed E-state index contributed by atoms with van der Waals surface area (Å²) in [6.07, 6.45) is 0.990. The van der Waals surface area contributed by atoms with Crippen LogP contribution in [0, 0.1) is 0 Å². The fraction of sp³-hybridized carbons (Fsp3) is 0.409. The summed E-state index contributed by atoms with van der Waals surface area (Å²) in [5.41, 5.74) is 2.58. The highest BCUT2D eigenvalue weighted by Gasteiger charge is 2.25. The number of morpholine rings is 1. The van der Waals surface area contributed by atoms with Crippen LogP contribution in [0.15, 0.2) is 48.5 Å². The number of carbonyl (C=O) groups excluding carboxylic acids is 1. The van der Waals surface area contributed by atoms with E-state index in [9.17, 15) is 13.2 Å². The van der Waals surface area contributed by atoms with Crippen molar-refractivity contribution in [2.45, 2.75) is 25.1 Å². The molecule has 1 N–H and O–H groups in total. The summed E-state index contributed by atoms with van der Waals surface area (Å²) in [4.78, 5) is 12.3. The van der Waals surface area contributed by atoms with Crippen molar-refractivity contribution in [2.24, 2.45) is 0 Å². The molecule has 1 fully saturated rings. The molecule has 0 atom stereocenters. The second kappa shape index (κ2) is 10.6. The minimum Gasteiger partial charge on any atom is -0.497 e. The zero-order chi connectivity index (χ0) is 21.4. The number of nitrogens with zero attached hydrogens (tertiary/aromatic N) is 1. The molecule has 0 saturated carbocycles. The Labute approximate surface area is 178 Å². The second-order valence-electron chi connectivity index (χ2n) is 7.16. The lowest BCUT2D eigenvalue weighted by atomic mass is 10.1. The SMILES string of the molecule is COc1ccc(CCC(=O)NCc2ccccc2CS(=O)(=O)N2CCOCC2)cc1. The molecular formula is C22H28N2O5S. The van der Waals surface area contributed by atoms with Gasteiger partial charge in [-0.05, 0) is 35.2 Å². The Morgan fingerprint density at radius 2 is 1.73 bits per heavy atom. The topological polar surface area (TPSA) is 84.9 Å². The number of methoxy groups -OCH3 is 1. The van der Waals surface area contributed by atoms with Crippen molar-refractivity contribution < 1.29 is 22.7 Å². The normalized spacial score (nSPS) is 15.0. The van der Waals surface area contributed by atoms with E-state index < -0.39 is 10.0 Å². The van der Waals surface area contributed by atoms with E-state index in [0.29, 0.717) is 51.3 Å². The van der Waals surface area contributed by atoms with Gasteiger partial charge in [-0.3, -0.25) is 4.79 Å². The lowest BCUT2D eigenvalue weighted by Gasteiger charge is -2.26. The third-order valence-corrected chi connectivity index (χ3v) is 6.92. The predicted octanol–water partition coefficient (Wildman–Crippen LogP) is 2.11. The molecule has 0 bridgehead atoms. The number of aryl methyl sites for hydroxylation is 1. The van der Waals surface area contributed by atoms with Crippen molar-refractivity contribution in [1.29, 1.82) is 0 Å². The van der Waals surface area contributed by atoms with E-state index in [-0.39, 0.29) is 11.7 Å². The Morgan fingerprint density at radius 1 is 1.07 bits per heavy atom. The zero-order valence-corrected chi connectivity index (χ0v) is 18.0. The van der Waals surface area contributed by atoms with Crippen molar-refractivity contribution in [3.05, 3.63) is 65.2 Å². The minimum absolute atomic E-state index is 0.0725. The molecule has 2 aromatic rings. The van der Waals surface area contributed by atoms with Gasteiger partial charge in [0.1, 0.15) is 5.75 Å². The molecule has 1 saturated heterocycles. The van der Waals surface area contributed by atoms with Gasteiger partial charge in [0.15, 0.2) is 0 Å². The van der Waals surface area contributed by atoms with Gasteiger partial charge in [0.2, 0.25) is 15.9 Å². The number of rotatable bonds is 9. The number of amides is 1. The predicted molar refractivity (Wildman–Crippen MR) is 115 cm³/mol. The summed E-state index contributed by atoms with van der Waals surface area (Å²) in [5, 5.41) is 2.91. The molecule has 1 heterocycles. The molecule has 0 spiro atoms. The van der Waals surface area contributed by atoms with Crippen LogP contribution < -0.4 is 10.1 Å². The summed E-state index contributed by atoms with van der Waals surface area (Å²) in [6, 6.07) is 15.0. The number of nitrogens with one attached hydrogen (secondary N) is 1. The van der Waals surface area contributed by atoms with Crippen LogP contribution in [0.1, 0.15) is 23.1 Å².